The Kier molecular flexibility index (Phi) is 3.67. The highest BCUT2D eigenvalue weighted by atomic mass is 16.1. The van der Waals surface area contributed by atoms with Crippen LogP contribution in [0.2, 0.25) is 0 Å². The molecular formula is C10H13N3O. The van der Waals surface area contributed by atoms with Crippen molar-refractivity contribution < 1.29 is 4.79 Å². The molecule has 14 heavy (non-hydrogen) atoms. The second kappa shape index (κ2) is 5.01. The van der Waals surface area contributed by atoms with Crippen molar-refractivity contribution in [3.63, 3.8) is 0 Å². The summed E-state index contributed by atoms with van der Waals surface area (Å²) in [5.74, 6) is -0.192. The molecule has 74 valence electrons. The molecular weight excluding hydrogens is 178 g/mol. The van der Waals surface area contributed by atoms with Crippen LogP contribution in [-0.2, 0) is 0 Å². The predicted molar refractivity (Wildman–Crippen MR) is 54.5 cm³/mol. The summed E-state index contributed by atoms with van der Waals surface area (Å²) in [6.45, 7) is 2.20. The Balaban J connectivity index is 2.48. The van der Waals surface area contributed by atoms with E-state index < -0.39 is 0 Å². The SMILES string of the molecule is C/C(N)=C\CNC(=O)c1ccccn1. The molecule has 1 amide bonds. The van der Waals surface area contributed by atoms with Crippen LogP contribution in [0, 0.1) is 0 Å². The van der Waals surface area contributed by atoms with Gasteiger partial charge in [0, 0.05) is 18.4 Å². The fraction of sp³-hybridized carbons (Fsp3) is 0.200. The van der Waals surface area contributed by atoms with E-state index in [0.29, 0.717) is 17.9 Å². The lowest BCUT2D eigenvalue weighted by atomic mass is 10.3. The van der Waals surface area contributed by atoms with Gasteiger partial charge in [-0.05, 0) is 25.1 Å². The minimum Gasteiger partial charge on any atom is -0.402 e. The van der Waals surface area contributed by atoms with E-state index in [9.17, 15) is 4.79 Å². The van der Waals surface area contributed by atoms with Crippen molar-refractivity contribution in [1.29, 1.82) is 0 Å². The lowest BCUT2D eigenvalue weighted by Gasteiger charge is -2.00. The standard InChI is InChI=1S/C10H13N3O/c1-8(11)5-7-13-10(14)9-4-2-3-6-12-9/h2-6H,7,11H2,1H3,(H,13,14)/b8-5+. The fourth-order valence-corrected chi connectivity index (χ4v) is 0.892. The monoisotopic (exact) mass is 191 g/mol. The van der Waals surface area contributed by atoms with Crippen LogP contribution in [0.15, 0.2) is 36.2 Å². The van der Waals surface area contributed by atoms with E-state index in [4.69, 9.17) is 5.73 Å². The summed E-state index contributed by atoms with van der Waals surface area (Å²) in [7, 11) is 0. The molecule has 4 heteroatoms. The first-order valence-electron chi connectivity index (χ1n) is 4.31. The van der Waals surface area contributed by atoms with Crippen molar-refractivity contribution in [3.05, 3.63) is 41.9 Å². The van der Waals surface area contributed by atoms with Gasteiger partial charge in [0.2, 0.25) is 0 Å². The average molecular weight is 191 g/mol. The predicted octanol–water partition coefficient (Wildman–Crippen LogP) is 0.674. The number of carbonyl (C=O) groups excluding carboxylic acids is 1. The van der Waals surface area contributed by atoms with Gasteiger partial charge in [-0.15, -0.1) is 0 Å². The highest BCUT2D eigenvalue weighted by Crippen LogP contribution is 1.92. The van der Waals surface area contributed by atoms with Crippen molar-refractivity contribution in [2.24, 2.45) is 5.73 Å². The number of nitrogens with one attached hydrogen (secondary N) is 1. The molecule has 0 radical (unpaired) electrons. The third-order valence-corrected chi connectivity index (χ3v) is 1.58. The first kappa shape index (κ1) is 10.2. The van der Waals surface area contributed by atoms with E-state index in [0.717, 1.165) is 0 Å². The number of hydrogen-bond acceptors (Lipinski definition) is 3. The van der Waals surface area contributed by atoms with Gasteiger partial charge in [0.15, 0.2) is 0 Å². The van der Waals surface area contributed by atoms with Crippen molar-refractivity contribution in [1.82, 2.24) is 10.3 Å². The Morgan fingerprint density at radius 1 is 1.64 bits per heavy atom. The topological polar surface area (TPSA) is 68.0 Å². The summed E-state index contributed by atoms with van der Waals surface area (Å²) in [4.78, 5) is 15.3. The summed E-state index contributed by atoms with van der Waals surface area (Å²) in [6, 6.07) is 5.20. The van der Waals surface area contributed by atoms with Crippen LogP contribution in [0.1, 0.15) is 17.4 Å². The number of hydrogen-bond donors (Lipinski definition) is 2. The Morgan fingerprint density at radius 2 is 2.43 bits per heavy atom. The van der Waals surface area contributed by atoms with Gasteiger partial charge < -0.3 is 11.1 Å². The second-order valence-corrected chi connectivity index (χ2v) is 2.87. The maximum Gasteiger partial charge on any atom is 0.270 e. The van der Waals surface area contributed by atoms with Gasteiger partial charge in [0.05, 0.1) is 0 Å². The molecule has 0 fully saturated rings. The Morgan fingerprint density at radius 3 is 3.00 bits per heavy atom. The molecule has 0 spiro atoms. The van der Waals surface area contributed by atoms with E-state index in [2.05, 4.69) is 10.3 Å². The van der Waals surface area contributed by atoms with Crippen LogP contribution < -0.4 is 11.1 Å². The second-order valence-electron chi connectivity index (χ2n) is 2.87. The van der Waals surface area contributed by atoms with Crippen molar-refractivity contribution in [2.75, 3.05) is 6.54 Å². The molecule has 0 aliphatic carbocycles. The molecule has 1 rings (SSSR count). The van der Waals surface area contributed by atoms with Gasteiger partial charge in [-0.2, -0.15) is 0 Å². The van der Waals surface area contributed by atoms with Crippen molar-refractivity contribution in [3.8, 4) is 0 Å². The molecule has 0 bridgehead atoms. The zero-order valence-corrected chi connectivity index (χ0v) is 8.03. The first-order valence-corrected chi connectivity index (χ1v) is 4.31. The molecule has 1 aromatic rings. The lowest BCUT2D eigenvalue weighted by molar-refractivity contribution is 0.0953. The highest BCUT2D eigenvalue weighted by molar-refractivity contribution is 5.92. The quantitative estimate of drug-likeness (QED) is 0.738. The largest absolute Gasteiger partial charge is 0.402 e. The highest BCUT2D eigenvalue weighted by Gasteiger charge is 2.02. The normalized spacial score (nSPS) is 11.1. The van der Waals surface area contributed by atoms with E-state index in [-0.39, 0.29) is 5.91 Å². The third-order valence-electron chi connectivity index (χ3n) is 1.58. The van der Waals surface area contributed by atoms with E-state index >= 15 is 0 Å². The molecule has 4 nitrogen and oxygen atoms in total. The summed E-state index contributed by atoms with van der Waals surface area (Å²) in [5, 5.41) is 2.67. The third kappa shape index (κ3) is 3.26. The van der Waals surface area contributed by atoms with Gasteiger partial charge >= 0.3 is 0 Å². The summed E-state index contributed by atoms with van der Waals surface area (Å²) in [5.41, 5.74) is 6.51. The number of allylic oxidation sites excluding steroid dienone is 1. The van der Waals surface area contributed by atoms with Crippen LogP contribution in [0.4, 0.5) is 0 Å². The fourth-order valence-electron chi connectivity index (χ4n) is 0.892. The Labute approximate surface area is 82.8 Å². The zero-order valence-electron chi connectivity index (χ0n) is 8.03. The van der Waals surface area contributed by atoms with Crippen LogP contribution in [-0.4, -0.2) is 17.4 Å². The summed E-state index contributed by atoms with van der Waals surface area (Å²) >= 11 is 0. The minimum atomic E-state index is -0.192. The number of nitrogens with zero attached hydrogens (tertiary/aromatic N) is 1. The molecule has 0 aliphatic rings. The molecule has 0 aliphatic heterocycles. The van der Waals surface area contributed by atoms with Gasteiger partial charge in [-0.3, -0.25) is 9.78 Å². The summed E-state index contributed by atoms with van der Waals surface area (Å²) in [6.07, 6.45) is 3.32. The molecule has 0 unspecified atom stereocenters. The van der Waals surface area contributed by atoms with Gasteiger partial charge in [-0.25, -0.2) is 0 Å². The average Bonchev–Trinajstić information content (AvgIpc) is 2.18. The number of aromatic nitrogens is 1. The number of rotatable bonds is 3. The van der Waals surface area contributed by atoms with E-state index in [1.165, 1.54) is 0 Å². The molecule has 0 aromatic carbocycles. The zero-order chi connectivity index (χ0) is 10.4. The van der Waals surface area contributed by atoms with E-state index in [1.807, 2.05) is 0 Å². The number of amides is 1. The molecule has 1 aromatic heterocycles. The lowest BCUT2D eigenvalue weighted by Crippen LogP contribution is -2.24. The van der Waals surface area contributed by atoms with Crippen molar-refractivity contribution in [2.45, 2.75) is 6.92 Å². The summed E-state index contributed by atoms with van der Waals surface area (Å²) < 4.78 is 0. The van der Waals surface area contributed by atoms with Crippen molar-refractivity contribution >= 4 is 5.91 Å². The van der Waals surface area contributed by atoms with Gasteiger partial charge in [-0.1, -0.05) is 6.07 Å². The number of nitrogens with two attached hydrogens (primary N) is 1. The Bertz CT molecular complexity index is 328. The number of pyridine rings is 1. The van der Waals surface area contributed by atoms with Crippen LogP contribution in [0.3, 0.4) is 0 Å². The van der Waals surface area contributed by atoms with Crippen LogP contribution in [0.5, 0.6) is 0 Å². The van der Waals surface area contributed by atoms with Gasteiger partial charge in [0.1, 0.15) is 5.69 Å². The maximum absolute atomic E-state index is 11.4. The maximum atomic E-state index is 11.4. The minimum absolute atomic E-state index is 0.192. The molecule has 0 saturated heterocycles. The van der Waals surface area contributed by atoms with E-state index in [1.54, 1.807) is 37.4 Å². The van der Waals surface area contributed by atoms with Crippen LogP contribution in [0.25, 0.3) is 0 Å². The number of carbonyl (C=O) groups is 1. The molecule has 0 saturated carbocycles. The van der Waals surface area contributed by atoms with Gasteiger partial charge in [0.25, 0.3) is 5.91 Å². The molecule has 3 N–H and O–H groups in total. The smallest absolute Gasteiger partial charge is 0.270 e. The molecule has 1 heterocycles. The Hall–Kier alpha value is -1.84. The van der Waals surface area contributed by atoms with Crippen LogP contribution >= 0.6 is 0 Å². The molecule has 0 atom stereocenters. The first-order chi connectivity index (χ1) is 6.70.